The van der Waals surface area contributed by atoms with Crippen LogP contribution in [0.3, 0.4) is 0 Å². The summed E-state index contributed by atoms with van der Waals surface area (Å²) in [5, 5.41) is 1.40. The van der Waals surface area contributed by atoms with E-state index < -0.39 is 8.07 Å². The van der Waals surface area contributed by atoms with Crippen molar-refractivity contribution in [1.29, 1.82) is 0 Å². The number of thiophene rings is 1. The van der Waals surface area contributed by atoms with Gasteiger partial charge in [0.25, 0.3) is 0 Å². The minimum Gasteiger partial charge on any atom is -0.127 e. The first-order chi connectivity index (χ1) is 16.9. The third-order valence-corrected chi connectivity index (χ3v) is 9.69. The lowest BCUT2D eigenvalue weighted by atomic mass is 10.0. The summed E-state index contributed by atoms with van der Waals surface area (Å²) in [5.41, 5.74) is 5.06. The Hall–Kier alpha value is -0.693. The van der Waals surface area contributed by atoms with Crippen molar-refractivity contribution >= 4 is 41.3 Å². The highest BCUT2D eigenvalue weighted by Gasteiger charge is 2.12. The number of hydrogen-bond donors (Lipinski definition) is 0. The van der Waals surface area contributed by atoms with Crippen molar-refractivity contribution in [3.05, 3.63) is 28.6 Å². The number of rotatable bonds is 18. The second kappa shape index (κ2) is 17.7. The van der Waals surface area contributed by atoms with Gasteiger partial charge in [-0.3, -0.25) is 0 Å². The number of hydrogen-bond acceptors (Lipinski definition) is 2. The molecule has 0 atom stereocenters. The lowest BCUT2D eigenvalue weighted by Gasteiger charge is -2.04. The Kier molecular flexibility index (Phi) is 15.4. The highest BCUT2D eigenvalue weighted by atomic mass is 32.2. The van der Waals surface area contributed by atoms with Gasteiger partial charge in [0.2, 0.25) is 0 Å². The third-order valence-electron chi connectivity index (χ3n) is 6.78. The maximum atomic E-state index is 3.56. The molecule has 3 heteroatoms. The smallest absolute Gasteiger partial charge is 0.127 e. The van der Waals surface area contributed by atoms with E-state index in [0.29, 0.717) is 0 Å². The Morgan fingerprint density at radius 1 is 0.743 bits per heavy atom. The van der Waals surface area contributed by atoms with Crippen molar-refractivity contribution in [2.45, 2.75) is 141 Å². The van der Waals surface area contributed by atoms with E-state index in [1.54, 1.807) is 0 Å². The predicted molar refractivity (Wildman–Crippen MR) is 167 cm³/mol. The van der Waals surface area contributed by atoms with Gasteiger partial charge in [0, 0.05) is 15.0 Å². The highest BCUT2D eigenvalue weighted by Crippen LogP contribution is 2.37. The monoisotopic (exact) mass is 528 g/mol. The van der Waals surface area contributed by atoms with Crippen LogP contribution in [0.1, 0.15) is 120 Å². The van der Waals surface area contributed by atoms with Crippen molar-refractivity contribution in [3.8, 4) is 11.5 Å². The predicted octanol–water partition coefficient (Wildman–Crippen LogP) is 11.7. The molecule has 0 amide bonds. The van der Waals surface area contributed by atoms with Gasteiger partial charge >= 0.3 is 0 Å². The Morgan fingerprint density at radius 3 is 1.74 bits per heavy atom. The quantitative estimate of drug-likeness (QED) is 0.0802. The molecule has 0 saturated carbocycles. The fourth-order valence-electron chi connectivity index (χ4n) is 4.68. The van der Waals surface area contributed by atoms with Crippen molar-refractivity contribution in [3.63, 3.8) is 0 Å². The van der Waals surface area contributed by atoms with Crippen LogP contribution in [0.2, 0.25) is 19.6 Å². The summed E-state index contributed by atoms with van der Waals surface area (Å²) < 4.78 is 1.42. The molecule has 0 spiro atoms. The van der Waals surface area contributed by atoms with E-state index in [1.165, 1.54) is 135 Å². The molecule has 0 fully saturated rings. The molecule has 2 aromatic rings. The summed E-state index contributed by atoms with van der Waals surface area (Å²) >= 11 is 3.75. The van der Waals surface area contributed by atoms with E-state index in [9.17, 15) is 0 Å². The molecule has 1 heterocycles. The van der Waals surface area contributed by atoms with E-state index in [0.717, 1.165) is 0 Å². The van der Waals surface area contributed by atoms with Crippen LogP contribution in [0.4, 0.5) is 0 Å². The summed E-state index contributed by atoms with van der Waals surface area (Å²) in [7, 11) is -1.35. The lowest BCUT2D eigenvalue weighted by Crippen LogP contribution is -2.16. The van der Waals surface area contributed by atoms with E-state index in [2.05, 4.69) is 62.5 Å². The topological polar surface area (TPSA) is 0 Å². The molecule has 0 aliphatic rings. The summed E-state index contributed by atoms with van der Waals surface area (Å²) in [6, 6.07) is 7.14. The maximum absolute atomic E-state index is 3.56. The van der Waals surface area contributed by atoms with Crippen LogP contribution in [-0.2, 0) is 6.42 Å². The molecular weight excluding hydrogens is 477 g/mol. The average Bonchev–Trinajstić information content (AvgIpc) is 3.19. The average molecular weight is 529 g/mol. The van der Waals surface area contributed by atoms with Crippen LogP contribution in [0.5, 0.6) is 0 Å². The fourth-order valence-corrected chi connectivity index (χ4v) is 7.36. The van der Waals surface area contributed by atoms with Crippen LogP contribution in [0, 0.1) is 11.5 Å². The Bertz CT molecular complexity index is 894. The van der Waals surface area contributed by atoms with Gasteiger partial charge in [-0.1, -0.05) is 141 Å². The Balaban J connectivity index is 1.57. The second-order valence-electron chi connectivity index (χ2n) is 11.3. The fraction of sp³-hybridized carbons (Fsp3) is 0.688. The van der Waals surface area contributed by atoms with Gasteiger partial charge in [0.05, 0.1) is 4.88 Å². The van der Waals surface area contributed by atoms with Crippen LogP contribution in [0.15, 0.2) is 23.1 Å². The highest BCUT2D eigenvalue weighted by molar-refractivity contribution is 7.99. The number of benzene rings is 1. The largest absolute Gasteiger partial charge is 0.129 e. The standard InChI is InChI=1S/C32H52S2Si/c1-6-7-8-9-10-11-12-13-14-15-16-17-18-19-20-21-22-28-23-24-29-31(27-28)34-30(32(29)33-2)25-26-35(3,4)5/h23-24,27H,6-22H2,1-5H3. The van der Waals surface area contributed by atoms with Gasteiger partial charge in [0.1, 0.15) is 8.07 Å². The Morgan fingerprint density at radius 2 is 1.26 bits per heavy atom. The van der Waals surface area contributed by atoms with Gasteiger partial charge < -0.3 is 0 Å². The van der Waals surface area contributed by atoms with Gasteiger partial charge in [-0.05, 0) is 30.7 Å². The second-order valence-corrected chi connectivity index (χ2v) is 18.0. The summed E-state index contributed by atoms with van der Waals surface area (Å²) in [5.74, 6) is 3.52. The zero-order chi connectivity index (χ0) is 25.4. The summed E-state index contributed by atoms with van der Waals surface area (Å²) in [6.45, 7) is 9.26. The first-order valence-electron chi connectivity index (χ1n) is 14.6. The van der Waals surface area contributed by atoms with E-state index in [-0.39, 0.29) is 0 Å². The molecule has 0 radical (unpaired) electrons. The third kappa shape index (κ3) is 12.9. The van der Waals surface area contributed by atoms with Crippen molar-refractivity contribution in [2.24, 2.45) is 0 Å². The van der Waals surface area contributed by atoms with Gasteiger partial charge in [-0.2, -0.15) is 0 Å². The molecule has 0 saturated heterocycles. The summed E-state index contributed by atoms with van der Waals surface area (Å²) in [4.78, 5) is 2.65. The molecule has 1 aromatic carbocycles. The molecule has 196 valence electrons. The molecule has 0 bridgehead atoms. The summed E-state index contributed by atoms with van der Waals surface area (Å²) in [6.07, 6.45) is 26.3. The molecule has 0 nitrogen and oxygen atoms in total. The van der Waals surface area contributed by atoms with E-state index in [4.69, 9.17) is 0 Å². The van der Waals surface area contributed by atoms with Crippen LogP contribution < -0.4 is 0 Å². The zero-order valence-electron chi connectivity index (χ0n) is 23.6. The van der Waals surface area contributed by atoms with Crippen molar-refractivity contribution in [2.75, 3.05) is 6.26 Å². The maximum Gasteiger partial charge on any atom is 0.129 e. The zero-order valence-corrected chi connectivity index (χ0v) is 26.2. The number of aryl methyl sites for hydroxylation is 1. The molecule has 35 heavy (non-hydrogen) atoms. The minimum absolute atomic E-state index is 1.22. The van der Waals surface area contributed by atoms with Crippen LogP contribution >= 0.6 is 23.1 Å². The molecular formula is C32H52S2Si. The lowest BCUT2D eigenvalue weighted by molar-refractivity contribution is 0.529. The van der Waals surface area contributed by atoms with Crippen molar-refractivity contribution in [1.82, 2.24) is 0 Å². The number of fused-ring (bicyclic) bond motifs is 1. The SMILES string of the molecule is CCCCCCCCCCCCCCCCCCc1ccc2c(SC)c(C#C[Si](C)(C)C)sc2c1. The first-order valence-corrected chi connectivity index (χ1v) is 20.1. The minimum atomic E-state index is -1.35. The van der Waals surface area contributed by atoms with Gasteiger partial charge in [0.15, 0.2) is 0 Å². The molecule has 0 unspecified atom stereocenters. The van der Waals surface area contributed by atoms with Gasteiger partial charge in [-0.25, -0.2) is 0 Å². The first kappa shape index (κ1) is 30.5. The van der Waals surface area contributed by atoms with Crippen LogP contribution in [0.25, 0.3) is 10.1 Å². The molecule has 2 rings (SSSR count). The van der Waals surface area contributed by atoms with E-state index in [1.807, 2.05) is 23.1 Å². The molecule has 0 N–H and O–H groups in total. The van der Waals surface area contributed by atoms with E-state index >= 15 is 0 Å². The molecule has 0 aliphatic carbocycles. The molecule has 0 aliphatic heterocycles. The normalized spacial score (nSPS) is 11.7. The molecule has 1 aromatic heterocycles. The number of thioether (sulfide) groups is 1. The Labute approximate surface area is 227 Å². The van der Waals surface area contributed by atoms with Gasteiger partial charge in [-0.15, -0.1) is 28.6 Å². The van der Waals surface area contributed by atoms with Crippen molar-refractivity contribution < 1.29 is 0 Å². The van der Waals surface area contributed by atoms with Crippen LogP contribution in [-0.4, -0.2) is 14.3 Å². The number of unbranched alkanes of at least 4 members (excludes halogenated alkanes) is 15.